The van der Waals surface area contributed by atoms with Crippen molar-refractivity contribution < 1.29 is 29.3 Å². The van der Waals surface area contributed by atoms with E-state index in [9.17, 15) is 24.6 Å². The van der Waals surface area contributed by atoms with Crippen LogP contribution in [0.1, 0.15) is 49.1 Å². The third kappa shape index (κ3) is 8.91. The largest absolute Gasteiger partial charge is 0.453 e. The van der Waals surface area contributed by atoms with Gasteiger partial charge in [-0.15, -0.1) is 0 Å². The molecule has 0 fully saturated rings. The molecule has 3 amide bonds. The molecule has 3 aromatic carbocycles. The number of alkyl carbamates (subject to hydrolysis) is 1. The third-order valence-electron chi connectivity index (χ3n) is 7.84. The fraction of sp³-hybridized carbons (Fsp3) is 0.382. The van der Waals surface area contributed by atoms with E-state index >= 15 is 0 Å². The summed E-state index contributed by atoms with van der Waals surface area (Å²) in [6.45, 7) is 5.23. The van der Waals surface area contributed by atoms with E-state index in [1.165, 1.54) is 12.1 Å². The number of hydrogen-bond acceptors (Lipinski definition) is 7. The van der Waals surface area contributed by atoms with E-state index in [-0.39, 0.29) is 19.5 Å². The monoisotopic (exact) mass is 680 g/mol. The molecule has 0 aliphatic heterocycles. The summed E-state index contributed by atoms with van der Waals surface area (Å²) < 4.78 is 5.62. The number of aliphatic hydroxyl groups excluding tert-OH is 1. The second-order valence-electron chi connectivity index (χ2n) is 12.5. The zero-order valence-corrected chi connectivity index (χ0v) is 27.5. The number of hydrazine groups is 1. The van der Waals surface area contributed by atoms with Gasteiger partial charge in [-0.05, 0) is 39.8 Å². The number of carbonyl (C=O) groups is 3. The van der Waals surface area contributed by atoms with Crippen LogP contribution < -0.4 is 16.1 Å². The fourth-order valence-corrected chi connectivity index (χ4v) is 5.76. The molecule has 0 aromatic heterocycles. The van der Waals surface area contributed by atoms with Crippen LogP contribution in [-0.2, 0) is 33.7 Å². The van der Waals surface area contributed by atoms with Crippen molar-refractivity contribution in [3.05, 3.63) is 106 Å². The van der Waals surface area contributed by atoms with E-state index in [0.717, 1.165) is 21.2 Å². The topological polar surface area (TPSA) is 140 Å². The van der Waals surface area contributed by atoms with Crippen LogP contribution in [0.3, 0.4) is 0 Å². The van der Waals surface area contributed by atoms with E-state index in [1.807, 2.05) is 78.9 Å². The van der Waals surface area contributed by atoms with Crippen molar-refractivity contribution in [2.45, 2.75) is 63.9 Å². The Hall–Kier alpha value is -3.77. The quantitative estimate of drug-likeness (QED) is 0.194. The van der Waals surface area contributed by atoms with Crippen molar-refractivity contribution in [2.24, 2.45) is 5.41 Å². The van der Waals surface area contributed by atoms with Gasteiger partial charge < -0.3 is 25.6 Å². The molecule has 4 atom stereocenters. The van der Waals surface area contributed by atoms with Crippen LogP contribution in [-0.4, -0.2) is 64.5 Å². The van der Waals surface area contributed by atoms with Gasteiger partial charge in [0.15, 0.2) is 5.60 Å². The second-order valence-corrected chi connectivity index (χ2v) is 13.4. The number of benzene rings is 3. The Morgan fingerprint density at radius 1 is 0.978 bits per heavy atom. The van der Waals surface area contributed by atoms with Crippen LogP contribution >= 0.6 is 15.9 Å². The van der Waals surface area contributed by atoms with E-state index in [1.54, 1.807) is 20.8 Å². The van der Waals surface area contributed by atoms with Crippen molar-refractivity contribution in [1.82, 2.24) is 21.1 Å². The predicted octanol–water partition coefficient (Wildman–Crippen LogP) is 3.80. The van der Waals surface area contributed by atoms with Crippen LogP contribution in [0.4, 0.5) is 4.79 Å². The van der Waals surface area contributed by atoms with Crippen molar-refractivity contribution in [3.63, 3.8) is 0 Å². The Morgan fingerprint density at radius 2 is 1.62 bits per heavy atom. The van der Waals surface area contributed by atoms with E-state index in [2.05, 4.69) is 32.0 Å². The number of ether oxygens (including phenoxy) is 1. The lowest BCUT2D eigenvalue weighted by Gasteiger charge is -2.37. The van der Waals surface area contributed by atoms with Crippen molar-refractivity contribution in [3.8, 4) is 0 Å². The molecule has 10 nitrogen and oxygen atoms in total. The molecule has 1 aliphatic rings. The highest BCUT2D eigenvalue weighted by atomic mass is 79.9. The van der Waals surface area contributed by atoms with E-state index in [0.29, 0.717) is 12.0 Å². The van der Waals surface area contributed by atoms with Crippen LogP contribution in [0.5, 0.6) is 0 Å². The Labute approximate surface area is 272 Å². The fourth-order valence-electron chi connectivity index (χ4n) is 5.50. The number of nitrogens with one attached hydrogen (secondary N) is 3. The van der Waals surface area contributed by atoms with Crippen molar-refractivity contribution >= 4 is 33.8 Å². The molecule has 1 unspecified atom stereocenters. The lowest BCUT2D eigenvalue weighted by molar-refractivity contribution is -0.147. The van der Waals surface area contributed by atoms with Crippen molar-refractivity contribution in [2.75, 3.05) is 13.7 Å². The first-order valence-electron chi connectivity index (χ1n) is 14.8. The summed E-state index contributed by atoms with van der Waals surface area (Å²) in [5, 5.41) is 30.1. The first-order valence-corrected chi connectivity index (χ1v) is 15.6. The van der Waals surface area contributed by atoms with E-state index < -0.39 is 47.1 Å². The summed E-state index contributed by atoms with van der Waals surface area (Å²) in [6.07, 6.45) is -1.31. The molecule has 0 saturated heterocycles. The molecule has 3 aromatic rings. The minimum atomic E-state index is -2.05. The number of halogens is 1. The highest BCUT2D eigenvalue weighted by Gasteiger charge is 2.43. The lowest BCUT2D eigenvalue weighted by atomic mass is 9.86. The van der Waals surface area contributed by atoms with Gasteiger partial charge in [0.05, 0.1) is 25.8 Å². The SMILES string of the molecule is COC(=O)N[C@H](C(=O)NN(Cc1ccc(Br)cc1)C[C@@](O)(Cc1ccccc1)C(=O)NC1c2ccccc2C[C@H]1O)C(C)(C)C. The first kappa shape index (κ1) is 34.1. The molecule has 4 rings (SSSR count). The molecule has 0 heterocycles. The van der Waals surface area contributed by atoms with Gasteiger partial charge in [0, 0.05) is 23.9 Å². The number of amides is 3. The molecule has 5 N–H and O–H groups in total. The molecule has 0 spiro atoms. The van der Waals surface area contributed by atoms with Crippen LogP contribution in [0.2, 0.25) is 0 Å². The summed E-state index contributed by atoms with van der Waals surface area (Å²) in [4.78, 5) is 39.9. The summed E-state index contributed by atoms with van der Waals surface area (Å²) >= 11 is 3.44. The van der Waals surface area contributed by atoms with Gasteiger partial charge in [0.1, 0.15) is 6.04 Å². The summed E-state index contributed by atoms with van der Waals surface area (Å²) in [6, 6.07) is 22.3. The number of aliphatic hydroxyl groups is 2. The minimum absolute atomic E-state index is 0.0695. The maximum atomic E-state index is 14.1. The third-order valence-corrected chi connectivity index (χ3v) is 8.36. The molecule has 11 heteroatoms. The number of fused-ring (bicyclic) bond motifs is 1. The lowest BCUT2D eigenvalue weighted by Crippen LogP contribution is -2.62. The van der Waals surface area contributed by atoms with Gasteiger partial charge in [-0.25, -0.2) is 9.80 Å². The van der Waals surface area contributed by atoms with Gasteiger partial charge in [-0.1, -0.05) is 103 Å². The van der Waals surface area contributed by atoms with Gasteiger partial charge in [0.2, 0.25) is 0 Å². The molecule has 0 radical (unpaired) electrons. The van der Waals surface area contributed by atoms with Crippen LogP contribution in [0.25, 0.3) is 0 Å². The summed E-state index contributed by atoms with van der Waals surface area (Å²) in [5.41, 5.74) is 3.33. The normalized spacial score (nSPS) is 18.0. The maximum absolute atomic E-state index is 14.1. The molecule has 0 saturated carbocycles. The van der Waals surface area contributed by atoms with Crippen molar-refractivity contribution in [1.29, 1.82) is 0 Å². The van der Waals surface area contributed by atoms with Gasteiger partial charge in [-0.2, -0.15) is 0 Å². The number of rotatable bonds is 11. The maximum Gasteiger partial charge on any atom is 0.407 e. The zero-order valence-electron chi connectivity index (χ0n) is 25.9. The highest BCUT2D eigenvalue weighted by Crippen LogP contribution is 2.32. The van der Waals surface area contributed by atoms with Crippen LogP contribution in [0, 0.1) is 5.41 Å². The predicted molar refractivity (Wildman–Crippen MR) is 174 cm³/mol. The molecular weight excluding hydrogens is 640 g/mol. The molecule has 1 aliphatic carbocycles. The summed E-state index contributed by atoms with van der Waals surface area (Å²) in [5.74, 6) is -1.24. The number of hydrogen-bond donors (Lipinski definition) is 5. The standard InChI is InChI=1S/C34H41BrN4O6/c1-33(2,3)29(37-32(43)45-4)30(41)38-39(20-23-14-16-25(35)17-15-23)21-34(44,19-22-10-6-5-7-11-22)31(42)36-28-26-13-9-8-12-24(26)18-27(28)40/h5-17,27-29,40,44H,18-21H2,1-4H3,(H,36,42)(H,37,43)(H,38,41)/t27-,28?,29-,34+/m1/s1. The zero-order chi connectivity index (χ0) is 32.8. The molecule has 0 bridgehead atoms. The minimum Gasteiger partial charge on any atom is -0.453 e. The Balaban J connectivity index is 1.67. The smallest absolute Gasteiger partial charge is 0.407 e. The van der Waals surface area contributed by atoms with Gasteiger partial charge >= 0.3 is 6.09 Å². The second kappa shape index (κ2) is 14.6. The van der Waals surface area contributed by atoms with Crippen LogP contribution in [0.15, 0.2) is 83.3 Å². The van der Waals surface area contributed by atoms with E-state index in [4.69, 9.17) is 4.74 Å². The Kier molecular flexibility index (Phi) is 11.0. The first-order chi connectivity index (χ1) is 21.3. The highest BCUT2D eigenvalue weighted by molar-refractivity contribution is 9.10. The number of methoxy groups -OCH3 is 1. The molecule has 45 heavy (non-hydrogen) atoms. The Morgan fingerprint density at radius 3 is 2.27 bits per heavy atom. The number of nitrogens with zero attached hydrogens (tertiary/aromatic N) is 1. The molecule has 240 valence electrons. The Bertz CT molecular complexity index is 1480. The summed E-state index contributed by atoms with van der Waals surface area (Å²) in [7, 11) is 1.22. The number of carbonyl (C=O) groups excluding carboxylic acids is 3. The van der Waals surface area contributed by atoms with Gasteiger partial charge in [0.25, 0.3) is 11.8 Å². The average molecular weight is 682 g/mol. The molecular formula is C34H41BrN4O6. The average Bonchev–Trinajstić information content (AvgIpc) is 3.31. The van der Waals surface area contributed by atoms with Gasteiger partial charge in [-0.3, -0.25) is 15.0 Å².